The van der Waals surface area contributed by atoms with Crippen LogP contribution in [0.5, 0.6) is 5.75 Å². The van der Waals surface area contributed by atoms with Crippen LogP contribution >= 0.6 is 0 Å². The van der Waals surface area contributed by atoms with E-state index in [4.69, 9.17) is 9.47 Å². The van der Waals surface area contributed by atoms with Gasteiger partial charge in [0.15, 0.2) is 0 Å². The maximum Gasteiger partial charge on any atom is 0.304 e. The summed E-state index contributed by atoms with van der Waals surface area (Å²) < 4.78 is 42.2. The number of amides is 1. The summed E-state index contributed by atoms with van der Waals surface area (Å²) in [5.41, 5.74) is 3.87. The number of carbonyl (C=O) groups excluding carboxylic acids is 1. The Morgan fingerprint density at radius 2 is 1.82 bits per heavy atom. The molecule has 2 aliphatic heterocycles. The van der Waals surface area contributed by atoms with Gasteiger partial charge in [0.05, 0.1) is 30.5 Å². The predicted octanol–water partition coefficient (Wildman–Crippen LogP) is 4.13. The number of carbonyl (C=O) groups is 1. The van der Waals surface area contributed by atoms with E-state index in [2.05, 4.69) is 4.98 Å². The Morgan fingerprint density at radius 3 is 2.58 bits per heavy atom. The molecular weight excluding hydrogens is 528 g/mol. The van der Waals surface area contributed by atoms with E-state index in [9.17, 15) is 13.2 Å². The minimum atomic E-state index is -3.81. The number of ether oxygens (including phenoxy) is 2. The number of aryl methyl sites for hydroxylation is 2. The third-order valence-corrected chi connectivity index (χ3v) is 9.71. The van der Waals surface area contributed by atoms with Crippen molar-refractivity contribution in [2.75, 3.05) is 38.1 Å². The van der Waals surface area contributed by atoms with Crippen LogP contribution in [0, 0.1) is 13.8 Å². The highest BCUT2D eigenvalue weighted by molar-refractivity contribution is 7.90. The Labute approximate surface area is 236 Å². The molecule has 9 nitrogen and oxygen atoms in total. The van der Waals surface area contributed by atoms with E-state index in [1.54, 1.807) is 49.5 Å². The second-order valence-corrected chi connectivity index (χ2v) is 12.4. The number of likely N-dealkylation sites (tertiary alicyclic amines) is 1. The standard InChI is InChI=1S/C30H36N4O5S/c1-21-13-14-22(2)25(17-21)30(35)33-19-28(38-4)29(20-33)39-24-10-7-9-23(18-24)32(3)40(36,37)34-16-8-12-27(34)26-11-5-6-15-31-26/h5-7,9-11,13-15,17-18,27-29H,8,12,16,19-20H2,1-4H3. The van der Waals surface area contributed by atoms with E-state index < -0.39 is 16.3 Å². The number of methoxy groups -OCH3 is 1. The van der Waals surface area contributed by atoms with Crippen LogP contribution in [0.3, 0.4) is 0 Å². The quantitative estimate of drug-likeness (QED) is 0.409. The molecular formula is C30H36N4O5S. The number of pyridine rings is 1. The van der Waals surface area contributed by atoms with E-state index in [0.717, 1.165) is 29.7 Å². The molecule has 0 aliphatic carbocycles. The summed E-state index contributed by atoms with van der Waals surface area (Å²) in [6, 6.07) is 18.2. The highest BCUT2D eigenvalue weighted by atomic mass is 32.2. The van der Waals surface area contributed by atoms with Gasteiger partial charge < -0.3 is 14.4 Å². The van der Waals surface area contributed by atoms with Crippen LogP contribution in [-0.4, -0.2) is 74.5 Å². The van der Waals surface area contributed by atoms with Crippen LogP contribution in [0.25, 0.3) is 0 Å². The van der Waals surface area contributed by atoms with Crippen LogP contribution in [0.1, 0.15) is 46.1 Å². The molecule has 0 spiro atoms. The van der Waals surface area contributed by atoms with Gasteiger partial charge >= 0.3 is 10.2 Å². The molecule has 3 atom stereocenters. The number of anilines is 1. The fourth-order valence-corrected chi connectivity index (χ4v) is 7.08. The Bertz CT molecular complexity index is 1470. The fourth-order valence-electron chi connectivity index (χ4n) is 5.49. The molecule has 0 saturated carbocycles. The Hall–Kier alpha value is -3.47. The van der Waals surface area contributed by atoms with Gasteiger partial charge in [-0.3, -0.25) is 14.1 Å². The van der Waals surface area contributed by atoms with Gasteiger partial charge in [0.25, 0.3) is 5.91 Å². The van der Waals surface area contributed by atoms with Gasteiger partial charge in [0, 0.05) is 38.5 Å². The Kier molecular flexibility index (Phi) is 8.11. The molecule has 3 heterocycles. The van der Waals surface area contributed by atoms with Gasteiger partial charge in [-0.25, -0.2) is 0 Å². The van der Waals surface area contributed by atoms with E-state index in [-0.39, 0.29) is 18.1 Å². The smallest absolute Gasteiger partial charge is 0.304 e. The minimum absolute atomic E-state index is 0.0537. The Balaban J connectivity index is 1.31. The minimum Gasteiger partial charge on any atom is -0.486 e. The summed E-state index contributed by atoms with van der Waals surface area (Å²) in [6.07, 6.45) is 2.47. The van der Waals surface area contributed by atoms with Crippen molar-refractivity contribution in [3.05, 3.63) is 89.2 Å². The van der Waals surface area contributed by atoms with Crippen molar-refractivity contribution in [1.29, 1.82) is 0 Å². The first kappa shape index (κ1) is 28.1. The molecule has 2 saturated heterocycles. The normalized spacial score (nSPS) is 21.5. The zero-order chi connectivity index (χ0) is 28.4. The molecule has 0 radical (unpaired) electrons. The average molecular weight is 565 g/mol. The van der Waals surface area contributed by atoms with Crippen molar-refractivity contribution in [1.82, 2.24) is 14.2 Å². The summed E-state index contributed by atoms with van der Waals surface area (Å²) in [7, 11) is -0.648. The number of benzene rings is 2. The fraction of sp³-hybridized carbons (Fsp3) is 0.400. The molecule has 1 amide bonds. The summed E-state index contributed by atoms with van der Waals surface area (Å²) in [6.45, 7) is 5.11. The SMILES string of the molecule is COC1CN(C(=O)c2cc(C)ccc2C)CC1Oc1cccc(N(C)S(=O)(=O)N2CCCC2c2ccccn2)c1. The summed E-state index contributed by atoms with van der Waals surface area (Å²) in [4.78, 5) is 19.5. The lowest BCUT2D eigenvalue weighted by Gasteiger charge is -2.30. The van der Waals surface area contributed by atoms with Crippen molar-refractivity contribution < 1.29 is 22.7 Å². The van der Waals surface area contributed by atoms with Crippen LogP contribution in [0.4, 0.5) is 5.69 Å². The molecule has 1 aromatic heterocycles. The summed E-state index contributed by atoms with van der Waals surface area (Å²) >= 11 is 0. The zero-order valence-corrected chi connectivity index (χ0v) is 24.2. The molecule has 2 fully saturated rings. The van der Waals surface area contributed by atoms with Gasteiger partial charge in [0.2, 0.25) is 0 Å². The van der Waals surface area contributed by atoms with Crippen molar-refractivity contribution in [3.63, 3.8) is 0 Å². The largest absolute Gasteiger partial charge is 0.486 e. The molecule has 0 N–H and O–H groups in total. The topological polar surface area (TPSA) is 92.3 Å². The summed E-state index contributed by atoms with van der Waals surface area (Å²) in [5.74, 6) is 0.456. The lowest BCUT2D eigenvalue weighted by Crippen LogP contribution is -2.41. The van der Waals surface area contributed by atoms with Gasteiger partial charge in [-0.2, -0.15) is 12.7 Å². The van der Waals surface area contributed by atoms with Crippen LogP contribution in [0.15, 0.2) is 66.9 Å². The molecule has 2 aliphatic rings. The molecule has 40 heavy (non-hydrogen) atoms. The van der Waals surface area contributed by atoms with E-state index in [0.29, 0.717) is 36.6 Å². The first-order valence-corrected chi connectivity index (χ1v) is 14.9. The number of nitrogens with zero attached hydrogens (tertiary/aromatic N) is 4. The van der Waals surface area contributed by atoms with E-state index in [1.165, 1.54) is 8.61 Å². The molecule has 2 aromatic carbocycles. The maximum absolute atomic E-state index is 13.7. The zero-order valence-electron chi connectivity index (χ0n) is 23.4. The third kappa shape index (κ3) is 5.56. The van der Waals surface area contributed by atoms with Crippen LogP contribution in [0.2, 0.25) is 0 Å². The predicted molar refractivity (Wildman–Crippen MR) is 154 cm³/mol. The van der Waals surface area contributed by atoms with Gasteiger partial charge in [0.1, 0.15) is 18.0 Å². The third-order valence-electron chi connectivity index (χ3n) is 7.77. The summed E-state index contributed by atoms with van der Waals surface area (Å²) in [5, 5.41) is 0. The first-order chi connectivity index (χ1) is 19.2. The van der Waals surface area contributed by atoms with Gasteiger partial charge in [-0.1, -0.05) is 29.8 Å². The molecule has 0 bridgehead atoms. The van der Waals surface area contributed by atoms with Gasteiger partial charge in [-0.05, 0) is 62.6 Å². The average Bonchev–Trinajstić information content (AvgIpc) is 3.62. The van der Waals surface area contributed by atoms with Gasteiger partial charge in [-0.15, -0.1) is 0 Å². The molecule has 5 rings (SSSR count). The lowest BCUT2D eigenvalue weighted by atomic mass is 10.0. The number of hydrogen-bond acceptors (Lipinski definition) is 6. The highest BCUT2D eigenvalue weighted by Crippen LogP contribution is 2.36. The van der Waals surface area contributed by atoms with Crippen LogP contribution in [-0.2, 0) is 14.9 Å². The maximum atomic E-state index is 13.7. The molecule has 3 unspecified atom stereocenters. The number of rotatable bonds is 8. The molecule has 212 valence electrons. The van der Waals surface area contributed by atoms with Crippen LogP contribution < -0.4 is 9.04 Å². The van der Waals surface area contributed by atoms with Crippen molar-refractivity contribution in [2.24, 2.45) is 0 Å². The lowest BCUT2D eigenvalue weighted by molar-refractivity contribution is 0.0340. The van der Waals surface area contributed by atoms with Crippen molar-refractivity contribution >= 4 is 21.8 Å². The highest BCUT2D eigenvalue weighted by Gasteiger charge is 2.40. The Morgan fingerprint density at radius 1 is 1.02 bits per heavy atom. The molecule has 3 aromatic rings. The van der Waals surface area contributed by atoms with E-state index >= 15 is 0 Å². The van der Waals surface area contributed by atoms with Crippen molar-refractivity contribution in [3.8, 4) is 5.75 Å². The number of aromatic nitrogens is 1. The monoisotopic (exact) mass is 564 g/mol. The first-order valence-electron chi connectivity index (χ1n) is 13.5. The van der Waals surface area contributed by atoms with Crippen molar-refractivity contribution in [2.45, 2.75) is 44.9 Å². The molecule has 10 heteroatoms. The number of hydrogen-bond donors (Lipinski definition) is 0. The van der Waals surface area contributed by atoms with E-state index in [1.807, 2.05) is 50.2 Å². The second kappa shape index (κ2) is 11.6. The second-order valence-electron chi connectivity index (χ2n) is 10.5.